The molecule has 0 heterocycles. The molecule has 0 amide bonds. The third kappa shape index (κ3) is 17.5. The molecule has 0 aromatic carbocycles. The Bertz CT molecular complexity index is 393. The molecule has 1 atom stereocenters. The molecule has 0 fully saturated rings. The van der Waals surface area contributed by atoms with Crippen LogP contribution in [0.1, 0.15) is 104 Å². The van der Waals surface area contributed by atoms with Gasteiger partial charge < -0.3 is 5.11 Å². The van der Waals surface area contributed by atoms with E-state index in [4.69, 9.17) is 0 Å². The van der Waals surface area contributed by atoms with Gasteiger partial charge >= 0.3 is 5.97 Å². The van der Waals surface area contributed by atoms with Crippen LogP contribution in [0.25, 0.3) is 0 Å². The fourth-order valence-electron chi connectivity index (χ4n) is 2.92. The highest BCUT2D eigenvalue weighted by atomic mass is 16.4. The number of rotatable bonds is 18. The van der Waals surface area contributed by atoms with Gasteiger partial charge in [-0.15, -0.1) is 0 Å². The largest absolute Gasteiger partial charge is 0.481 e. The molecule has 0 saturated carbocycles. The Labute approximate surface area is 162 Å². The number of carboxylic acid groups (broad SMARTS) is 1. The minimum atomic E-state index is -0.630. The lowest BCUT2D eigenvalue weighted by molar-refractivity contribution is -0.142. The van der Waals surface area contributed by atoms with Crippen LogP contribution in [0.15, 0.2) is 36.5 Å². The fourth-order valence-corrected chi connectivity index (χ4v) is 2.92. The van der Waals surface area contributed by atoms with E-state index in [0.29, 0.717) is 0 Å². The topological polar surface area (TPSA) is 37.3 Å². The summed E-state index contributed by atoms with van der Waals surface area (Å²) >= 11 is 0. The van der Waals surface area contributed by atoms with Gasteiger partial charge in [0.05, 0.1) is 5.92 Å². The van der Waals surface area contributed by atoms with E-state index in [2.05, 4.69) is 50.3 Å². The van der Waals surface area contributed by atoms with Crippen LogP contribution < -0.4 is 0 Å². The van der Waals surface area contributed by atoms with Crippen molar-refractivity contribution in [3.63, 3.8) is 0 Å². The molecule has 150 valence electrons. The maximum atomic E-state index is 11.2. The lowest BCUT2D eigenvalue weighted by Gasteiger charge is -2.09. The molecule has 0 aromatic rings. The number of aliphatic carboxylic acids is 1. The van der Waals surface area contributed by atoms with E-state index in [1.54, 1.807) is 0 Å². The summed E-state index contributed by atoms with van der Waals surface area (Å²) in [7, 11) is 0. The Morgan fingerprint density at radius 3 is 1.73 bits per heavy atom. The molecule has 26 heavy (non-hydrogen) atoms. The van der Waals surface area contributed by atoms with Crippen LogP contribution in [0.3, 0.4) is 0 Å². The van der Waals surface area contributed by atoms with Gasteiger partial charge in [-0.1, -0.05) is 76.0 Å². The van der Waals surface area contributed by atoms with Crippen LogP contribution in [-0.4, -0.2) is 11.1 Å². The monoisotopic (exact) mass is 362 g/mol. The summed E-state index contributed by atoms with van der Waals surface area (Å²) in [5.41, 5.74) is 0. The second kappa shape index (κ2) is 20.0. The van der Waals surface area contributed by atoms with Crippen LogP contribution in [-0.2, 0) is 4.79 Å². The summed E-state index contributed by atoms with van der Waals surface area (Å²) in [4.78, 5) is 11.2. The summed E-state index contributed by atoms with van der Waals surface area (Å²) in [6.07, 6.45) is 29.1. The molecular formula is C24H42O2. The van der Waals surface area contributed by atoms with E-state index >= 15 is 0 Å². The van der Waals surface area contributed by atoms with Crippen LogP contribution in [0.4, 0.5) is 0 Å². The standard InChI is InChI=1S/C24H42O2/c1-3-5-7-8-9-10-11-12-13-14-15-16-17-18-19-20-22-23(24(25)26)21-6-4-2/h9-10,12-13,18-19,23H,3-8,11,14-17,20-22H2,1-2H3,(H,25,26). The highest BCUT2D eigenvalue weighted by molar-refractivity contribution is 5.69. The van der Waals surface area contributed by atoms with Crippen molar-refractivity contribution in [3.8, 4) is 0 Å². The fraction of sp³-hybridized carbons (Fsp3) is 0.708. The van der Waals surface area contributed by atoms with Crippen molar-refractivity contribution in [2.24, 2.45) is 5.92 Å². The lowest BCUT2D eigenvalue weighted by Crippen LogP contribution is -2.13. The second-order valence-electron chi connectivity index (χ2n) is 7.18. The molecule has 1 N–H and O–H groups in total. The Morgan fingerprint density at radius 2 is 1.19 bits per heavy atom. The number of carboxylic acids is 1. The first-order valence-electron chi connectivity index (χ1n) is 10.9. The van der Waals surface area contributed by atoms with Gasteiger partial charge in [0.2, 0.25) is 0 Å². The Hall–Kier alpha value is -1.31. The molecule has 0 aliphatic carbocycles. The van der Waals surface area contributed by atoms with Gasteiger partial charge in [0, 0.05) is 0 Å². The van der Waals surface area contributed by atoms with Gasteiger partial charge in [-0.05, 0) is 64.2 Å². The third-order valence-electron chi connectivity index (χ3n) is 4.68. The van der Waals surface area contributed by atoms with Gasteiger partial charge in [0.25, 0.3) is 0 Å². The SMILES string of the molecule is CCCCCC=CCC=CCCCCC=CCCC(CCCC)C(=O)O. The first-order valence-corrected chi connectivity index (χ1v) is 10.9. The predicted octanol–water partition coefficient (Wildman–Crippen LogP) is 7.86. The molecule has 1 unspecified atom stereocenters. The van der Waals surface area contributed by atoms with E-state index in [9.17, 15) is 9.90 Å². The van der Waals surface area contributed by atoms with Crippen LogP contribution in [0.2, 0.25) is 0 Å². The third-order valence-corrected chi connectivity index (χ3v) is 4.68. The van der Waals surface area contributed by atoms with E-state index in [0.717, 1.165) is 51.4 Å². The minimum Gasteiger partial charge on any atom is -0.481 e. The number of unbranched alkanes of at least 4 members (excludes halogenated alkanes) is 7. The zero-order valence-electron chi connectivity index (χ0n) is 17.3. The quantitative estimate of drug-likeness (QED) is 0.199. The number of hydrogen-bond acceptors (Lipinski definition) is 1. The van der Waals surface area contributed by atoms with E-state index in [1.807, 2.05) is 0 Å². The van der Waals surface area contributed by atoms with Crippen molar-refractivity contribution >= 4 is 5.97 Å². The maximum absolute atomic E-state index is 11.2. The minimum absolute atomic E-state index is 0.162. The van der Waals surface area contributed by atoms with Gasteiger partial charge in [0.1, 0.15) is 0 Å². The average Bonchev–Trinajstić information content (AvgIpc) is 2.63. The van der Waals surface area contributed by atoms with E-state index < -0.39 is 5.97 Å². The van der Waals surface area contributed by atoms with Crippen molar-refractivity contribution in [2.75, 3.05) is 0 Å². The first kappa shape index (κ1) is 24.7. The van der Waals surface area contributed by atoms with Crippen LogP contribution >= 0.6 is 0 Å². The molecular weight excluding hydrogens is 320 g/mol. The molecule has 0 aromatic heterocycles. The highest BCUT2D eigenvalue weighted by Crippen LogP contribution is 2.16. The van der Waals surface area contributed by atoms with E-state index in [-0.39, 0.29) is 5.92 Å². The first-order chi connectivity index (χ1) is 12.7. The van der Waals surface area contributed by atoms with Crippen molar-refractivity contribution in [1.29, 1.82) is 0 Å². The lowest BCUT2D eigenvalue weighted by atomic mass is 9.97. The Morgan fingerprint density at radius 1 is 0.692 bits per heavy atom. The zero-order valence-corrected chi connectivity index (χ0v) is 17.3. The maximum Gasteiger partial charge on any atom is 0.306 e. The van der Waals surface area contributed by atoms with Crippen LogP contribution in [0, 0.1) is 5.92 Å². The summed E-state index contributed by atoms with van der Waals surface area (Å²) in [6.45, 7) is 4.35. The molecule has 2 heteroatoms. The summed E-state index contributed by atoms with van der Waals surface area (Å²) in [5, 5.41) is 9.19. The molecule has 0 radical (unpaired) electrons. The Kier molecular flexibility index (Phi) is 19.0. The number of carbonyl (C=O) groups is 1. The summed E-state index contributed by atoms with van der Waals surface area (Å²) in [6, 6.07) is 0. The van der Waals surface area contributed by atoms with Crippen molar-refractivity contribution < 1.29 is 9.90 Å². The molecule has 2 nitrogen and oxygen atoms in total. The Balaban J connectivity index is 3.52. The molecule has 0 aliphatic rings. The average molecular weight is 363 g/mol. The molecule has 0 aliphatic heterocycles. The van der Waals surface area contributed by atoms with Gasteiger partial charge in [-0.3, -0.25) is 4.79 Å². The van der Waals surface area contributed by atoms with Crippen molar-refractivity contribution in [3.05, 3.63) is 36.5 Å². The second-order valence-corrected chi connectivity index (χ2v) is 7.18. The summed E-state index contributed by atoms with van der Waals surface area (Å²) < 4.78 is 0. The number of allylic oxidation sites excluding steroid dienone is 6. The molecule has 0 bridgehead atoms. The van der Waals surface area contributed by atoms with Gasteiger partial charge in [-0.25, -0.2) is 0 Å². The van der Waals surface area contributed by atoms with Gasteiger partial charge in [0.15, 0.2) is 0 Å². The number of hydrogen-bond donors (Lipinski definition) is 1. The van der Waals surface area contributed by atoms with E-state index in [1.165, 1.54) is 38.5 Å². The van der Waals surface area contributed by atoms with Crippen molar-refractivity contribution in [1.82, 2.24) is 0 Å². The normalized spacial score (nSPS) is 13.3. The van der Waals surface area contributed by atoms with Gasteiger partial charge in [-0.2, -0.15) is 0 Å². The zero-order chi connectivity index (χ0) is 19.3. The summed E-state index contributed by atoms with van der Waals surface area (Å²) in [5.74, 6) is -0.792. The predicted molar refractivity (Wildman–Crippen MR) is 115 cm³/mol. The van der Waals surface area contributed by atoms with Crippen molar-refractivity contribution in [2.45, 2.75) is 104 Å². The highest BCUT2D eigenvalue weighted by Gasteiger charge is 2.15. The van der Waals surface area contributed by atoms with Crippen LogP contribution in [0.5, 0.6) is 0 Å². The molecule has 0 saturated heterocycles. The molecule has 0 rings (SSSR count). The molecule has 0 spiro atoms. The smallest absolute Gasteiger partial charge is 0.306 e.